The Balaban J connectivity index is 1.77. The molecule has 21 heavy (non-hydrogen) atoms. The van der Waals surface area contributed by atoms with Crippen LogP contribution in [0.1, 0.15) is 23.2 Å². The molecule has 0 saturated carbocycles. The summed E-state index contributed by atoms with van der Waals surface area (Å²) in [6.45, 7) is 5.58. The van der Waals surface area contributed by atoms with Crippen molar-refractivity contribution in [2.24, 2.45) is 0 Å². The molecule has 0 aliphatic rings. The van der Waals surface area contributed by atoms with Crippen LogP contribution in [0, 0.1) is 6.92 Å². The van der Waals surface area contributed by atoms with Crippen LogP contribution >= 0.6 is 0 Å². The standard InChI is InChI=1S/C17H25N3O/c1-15-17(13-18-10-12-21-2)14-19-20(15)11-6-9-16-7-4-3-5-8-16/h3-5,7-8,14,18H,6,9-13H2,1-2H3. The number of methoxy groups -OCH3 is 1. The second kappa shape index (κ2) is 8.60. The highest BCUT2D eigenvalue weighted by molar-refractivity contribution is 5.16. The lowest BCUT2D eigenvalue weighted by Gasteiger charge is -2.07. The molecule has 1 aromatic heterocycles. The number of aryl methyl sites for hydroxylation is 2. The Morgan fingerprint density at radius 1 is 1.24 bits per heavy atom. The molecular weight excluding hydrogens is 262 g/mol. The SMILES string of the molecule is COCCNCc1cnn(CCCc2ccccc2)c1C. The summed E-state index contributed by atoms with van der Waals surface area (Å²) in [5, 5.41) is 7.85. The largest absolute Gasteiger partial charge is 0.383 e. The van der Waals surface area contributed by atoms with Gasteiger partial charge in [-0.05, 0) is 25.3 Å². The molecule has 2 aromatic rings. The van der Waals surface area contributed by atoms with Crippen LogP contribution < -0.4 is 5.32 Å². The summed E-state index contributed by atoms with van der Waals surface area (Å²) >= 11 is 0. The normalized spacial score (nSPS) is 11.0. The Morgan fingerprint density at radius 2 is 2.05 bits per heavy atom. The molecule has 1 N–H and O–H groups in total. The minimum atomic E-state index is 0.740. The van der Waals surface area contributed by atoms with Crippen LogP contribution in [0.15, 0.2) is 36.5 Å². The van der Waals surface area contributed by atoms with E-state index < -0.39 is 0 Å². The second-order valence-corrected chi connectivity index (χ2v) is 5.24. The fraction of sp³-hybridized carbons (Fsp3) is 0.471. The van der Waals surface area contributed by atoms with Gasteiger partial charge in [0.2, 0.25) is 0 Å². The summed E-state index contributed by atoms with van der Waals surface area (Å²) < 4.78 is 7.13. The zero-order chi connectivity index (χ0) is 14.9. The van der Waals surface area contributed by atoms with Gasteiger partial charge < -0.3 is 10.1 Å². The fourth-order valence-electron chi connectivity index (χ4n) is 2.36. The highest BCUT2D eigenvalue weighted by Gasteiger charge is 2.05. The Bertz CT molecular complexity index is 522. The van der Waals surface area contributed by atoms with Crippen molar-refractivity contribution in [3.8, 4) is 0 Å². The van der Waals surface area contributed by atoms with Crippen LogP contribution in [0.5, 0.6) is 0 Å². The maximum atomic E-state index is 5.03. The molecule has 1 aromatic carbocycles. The Labute approximate surface area is 127 Å². The summed E-state index contributed by atoms with van der Waals surface area (Å²) in [4.78, 5) is 0. The van der Waals surface area contributed by atoms with Gasteiger partial charge in [-0.15, -0.1) is 0 Å². The first-order chi connectivity index (χ1) is 10.3. The van der Waals surface area contributed by atoms with Crippen molar-refractivity contribution in [1.82, 2.24) is 15.1 Å². The first-order valence-corrected chi connectivity index (χ1v) is 7.56. The topological polar surface area (TPSA) is 39.1 Å². The summed E-state index contributed by atoms with van der Waals surface area (Å²) in [5.41, 5.74) is 3.92. The maximum absolute atomic E-state index is 5.03. The fourth-order valence-corrected chi connectivity index (χ4v) is 2.36. The monoisotopic (exact) mass is 287 g/mol. The van der Waals surface area contributed by atoms with E-state index in [2.05, 4.69) is 52.4 Å². The Hall–Kier alpha value is -1.65. The zero-order valence-electron chi connectivity index (χ0n) is 13.0. The van der Waals surface area contributed by atoms with Gasteiger partial charge in [0, 0.05) is 38.0 Å². The number of nitrogens with one attached hydrogen (secondary N) is 1. The zero-order valence-corrected chi connectivity index (χ0v) is 13.0. The number of nitrogens with zero attached hydrogens (tertiary/aromatic N) is 2. The third kappa shape index (κ3) is 4.99. The molecule has 0 atom stereocenters. The van der Waals surface area contributed by atoms with Crippen LogP contribution in [-0.2, 0) is 24.2 Å². The van der Waals surface area contributed by atoms with E-state index in [0.717, 1.165) is 39.1 Å². The summed E-state index contributed by atoms with van der Waals surface area (Å²) in [7, 11) is 1.72. The molecule has 0 aliphatic carbocycles. The third-order valence-electron chi connectivity index (χ3n) is 3.68. The number of hydrogen-bond acceptors (Lipinski definition) is 3. The van der Waals surface area contributed by atoms with E-state index in [0.29, 0.717) is 0 Å². The highest BCUT2D eigenvalue weighted by atomic mass is 16.5. The lowest BCUT2D eigenvalue weighted by Crippen LogP contribution is -2.18. The molecular formula is C17H25N3O. The average Bonchev–Trinajstić information content (AvgIpc) is 2.86. The van der Waals surface area contributed by atoms with E-state index in [-0.39, 0.29) is 0 Å². The second-order valence-electron chi connectivity index (χ2n) is 5.24. The van der Waals surface area contributed by atoms with Gasteiger partial charge in [-0.25, -0.2) is 0 Å². The smallest absolute Gasteiger partial charge is 0.0587 e. The van der Waals surface area contributed by atoms with E-state index in [1.807, 2.05) is 6.20 Å². The van der Waals surface area contributed by atoms with Crippen LogP contribution in [-0.4, -0.2) is 30.0 Å². The van der Waals surface area contributed by atoms with Crippen LogP contribution in [0.3, 0.4) is 0 Å². The first kappa shape index (κ1) is 15.7. The molecule has 1 heterocycles. The van der Waals surface area contributed by atoms with Crippen molar-refractivity contribution < 1.29 is 4.74 Å². The van der Waals surface area contributed by atoms with E-state index in [4.69, 9.17) is 4.74 Å². The Morgan fingerprint density at radius 3 is 2.81 bits per heavy atom. The lowest BCUT2D eigenvalue weighted by atomic mass is 10.1. The van der Waals surface area contributed by atoms with Crippen molar-refractivity contribution in [1.29, 1.82) is 0 Å². The van der Waals surface area contributed by atoms with Crippen molar-refractivity contribution >= 4 is 0 Å². The van der Waals surface area contributed by atoms with Gasteiger partial charge in [-0.2, -0.15) is 5.10 Å². The predicted octanol–water partition coefficient (Wildman–Crippen LogP) is 2.56. The molecule has 0 spiro atoms. The van der Waals surface area contributed by atoms with E-state index >= 15 is 0 Å². The van der Waals surface area contributed by atoms with Crippen molar-refractivity contribution in [3.05, 3.63) is 53.3 Å². The van der Waals surface area contributed by atoms with E-state index in [1.165, 1.54) is 16.8 Å². The lowest BCUT2D eigenvalue weighted by molar-refractivity contribution is 0.199. The van der Waals surface area contributed by atoms with Gasteiger partial charge in [0.15, 0.2) is 0 Å². The molecule has 0 saturated heterocycles. The highest BCUT2D eigenvalue weighted by Crippen LogP contribution is 2.09. The molecule has 4 nitrogen and oxygen atoms in total. The summed E-state index contributed by atoms with van der Waals surface area (Å²) in [6, 6.07) is 10.6. The number of ether oxygens (including phenoxy) is 1. The molecule has 2 rings (SSSR count). The van der Waals surface area contributed by atoms with Crippen molar-refractivity contribution in [2.45, 2.75) is 32.9 Å². The van der Waals surface area contributed by atoms with E-state index in [9.17, 15) is 0 Å². The minimum absolute atomic E-state index is 0.740. The molecule has 0 unspecified atom stereocenters. The predicted molar refractivity (Wildman–Crippen MR) is 85.3 cm³/mol. The number of rotatable bonds is 9. The van der Waals surface area contributed by atoms with Gasteiger partial charge in [0.05, 0.1) is 12.8 Å². The van der Waals surface area contributed by atoms with Crippen molar-refractivity contribution in [3.63, 3.8) is 0 Å². The van der Waals surface area contributed by atoms with Gasteiger partial charge in [0.25, 0.3) is 0 Å². The van der Waals surface area contributed by atoms with Gasteiger partial charge in [-0.1, -0.05) is 30.3 Å². The van der Waals surface area contributed by atoms with E-state index in [1.54, 1.807) is 7.11 Å². The number of benzene rings is 1. The summed E-state index contributed by atoms with van der Waals surface area (Å²) in [5.74, 6) is 0. The molecule has 0 amide bonds. The van der Waals surface area contributed by atoms with Crippen LogP contribution in [0.2, 0.25) is 0 Å². The van der Waals surface area contributed by atoms with Gasteiger partial charge in [0.1, 0.15) is 0 Å². The van der Waals surface area contributed by atoms with Crippen molar-refractivity contribution in [2.75, 3.05) is 20.3 Å². The summed E-state index contributed by atoms with van der Waals surface area (Å²) in [6.07, 6.45) is 4.18. The number of hydrogen-bond donors (Lipinski definition) is 1. The quantitative estimate of drug-likeness (QED) is 0.720. The van der Waals surface area contributed by atoms with Gasteiger partial charge >= 0.3 is 0 Å². The number of aromatic nitrogens is 2. The first-order valence-electron chi connectivity index (χ1n) is 7.56. The molecule has 0 fully saturated rings. The van der Waals surface area contributed by atoms with Gasteiger partial charge in [-0.3, -0.25) is 4.68 Å². The Kier molecular flexibility index (Phi) is 6.44. The third-order valence-corrected chi connectivity index (χ3v) is 3.68. The molecule has 0 aliphatic heterocycles. The minimum Gasteiger partial charge on any atom is -0.383 e. The van der Waals surface area contributed by atoms with Crippen LogP contribution in [0.4, 0.5) is 0 Å². The maximum Gasteiger partial charge on any atom is 0.0587 e. The average molecular weight is 287 g/mol. The molecule has 4 heteroatoms. The van der Waals surface area contributed by atoms with Crippen LogP contribution in [0.25, 0.3) is 0 Å². The molecule has 114 valence electrons. The molecule has 0 radical (unpaired) electrons. The molecule has 0 bridgehead atoms.